The molecule has 2 saturated carbocycles. The molecule has 0 spiro atoms. The molecule has 0 radical (unpaired) electrons. The van der Waals surface area contributed by atoms with E-state index in [2.05, 4.69) is 0 Å². The molecule has 3 aliphatic rings. The Bertz CT molecular complexity index is 621. The Morgan fingerprint density at radius 3 is 2.82 bits per heavy atom. The van der Waals surface area contributed by atoms with Crippen LogP contribution in [0, 0.1) is 29.4 Å². The van der Waals surface area contributed by atoms with Gasteiger partial charge in [0, 0.05) is 25.0 Å². The first-order valence-corrected chi connectivity index (χ1v) is 8.04. The smallest absolute Gasteiger partial charge is 0.226 e. The fraction of sp³-hybridized carbons (Fsp3) is 0.588. The Hall–Kier alpha value is -1.49. The fourth-order valence-electron chi connectivity index (χ4n) is 4.33. The average molecular weight is 306 g/mol. The Balaban J connectivity index is 1.44. The van der Waals surface area contributed by atoms with Crippen LogP contribution in [-0.4, -0.2) is 29.9 Å². The minimum Gasteiger partial charge on any atom is -0.342 e. The molecule has 5 heteroatoms. The van der Waals surface area contributed by atoms with Gasteiger partial charge in [-0.25, -0.2) is 8.78 Å². The summed E-state index contributed by atoms with van der Waals surface area (Å²) in [6.45, 7) is 1.52. The number of hydrogen-bond donors (Lipinski definition) is 1. The first-order valence-electron chi connectivity index (χ1n) is 8.04. The van der Waals surface area contributed by atoms with Crippen LogP contribution in [0.25, 0.3) is 0 Å². The van der Waals surface area contributed by atoms with Crippen LogP contribution < -0.4 is 5.73 Å². The summed E-state index contributed by atoms with van der Waals surface area (Å²) in [6, 6.07) is 3.69. The molecule has 1 saturated heterocycles. The van der Waals surface area contributed by atoms with E-state index in [1.54, 1.807) is 0 Å². The van der Waals surface area contributed by atoms with E-state index in [9.17, 15) is 13.6 Å². The van der Waals surface area contributed by atoms with Crippen LogP contribution in [-0.2, 0) is 4.79 Å². The van der Waals surface area contributed by atoms with Gasteiger partial charge in [-0.3, -0.25) is 4.79 Å². The summed E-state index contributed by atoms with van der Waals surface area (Å²) in [5.74, 6) is -0.175. The monoisotopic (exact) mass is 306 g/mol. The van der Waals surface area contributed by atoms with Crippen molar-refractivity contribution in [3.8, 4) is 0 Å². The van der Waals surface area contributed by atoms with Crippen molar-refractivity contribution in [2.45, 2.75) is 31.2 Å². The van der Waals surface area contributed by atoms with Crippen LogP contribution in [0.5, 0.6) is 0 Å². The second-order valence-electron chi connectivity index (χ2n) is 7.02. The van der Waals surface area contributed by atoms with Gasteiger partial charge in [-0.1, -0.05) is 0 Å². The molecule has 118 valence electrons. The van der Waals surface area contributed by atoms with Gasteiger partial charge in [0.15, 0.2) is 0 Å². The van der Waals surface area contributed by atoms with Gasteiger partial charge in [0.05, 0.1) is 0 Å². The van der Waals surface area contributed by atoms with Crippen LogP contribution in [0.15, 0.2) is 18.2 Å². The van der Waals surface area contributed by atoms with E-state index in [1.807, 2.05) is 4.90 Å². The van der Waals surface area contributed by atoms with Crippen LogP contribution in [0.4, 0.5) is 8.78 Å². The molecular formula is C17H20F2N2O. The minimum atomic E-state index is -0.448. The summed E-state index contributed by atoms with van der Waals surface area (Å²) in [5.41, 5.74) is 6.44. The number of hydrogen-bond acceptors (Lipinski definition) is 2. The van der Waals surface area contributed by atoms with E-state index < -0.39 is 11.6 Å². The van der Waals surface area contributed by atoms with E-state index in [-0.39, 0.29) is 23.8 Å². The second-order valence-corrected chi connectivity index (χ2v) is 7.02. The highest BCUT2D eigenvalue weighted by Gasteiger charge is 2.50. The third-order valence-corrected chi connectivity index (χ3v) is 5.69. The van der Waals surface area contributed by atoms with Gasteiger partial charge in [-0.2, -0.15) is 0 Å². The molecule has 4 rings (SSSR count). The van der Waals surface area contributed by atoms with Crippen molar-refractivity contribution >= 4 is 5.91 Å². The molecule has 0 aromatic heterocycles. The van der Waals surface area contributed by atoms with Crippen molar-refractivity contribution in [1.29, 1.82) is 0 Å². The number of rotatable bonds is 2. The number of likely N-dealkylation sites (tertiary alicyclic amines) is 1. The van der Waals surface area contributed by atoms with Gasteiger partial charge in [-0.15, -0.1) is 0 Å². The quantitative estimate of drug-likeness (QED) is 0.911. The number of carbonyl (C=O) groups excluding carboxylic acids is 1. The standard InChI is InChI=1S/C17H20F2N2O/c18-10-2-3-15(19)12(5-10)11-6-13(11)17(22)21-7-9-1-4-16(20)14(9)8-21/h2-3,5,9,11,13-14,16H,1,4,6-8,20H2. The molecule has 22 heavy (non-hydrogen) atoms. The van der Waals surface area contributed by atoms with Gasteiger partial charge in [0.1, 0.15) is 11.6 Å². The summed E-state index contributed by atoms with van der Waals surface area (Å²) < 4.78 is 27.1. The number of fused-ring (bicyclic) bond motifs is 1. The lowest BCUT2D eigenvalue weighted by Gasteiger charge is -2.19. The number of halogens is 2. The Kier molecular flexibility index (Phi) is 3.22. The molecule has 1 amide bonds. The van der Waals surface area contributed by atoms with E-state index in [0.29, 0.717) is 23.8 Å². The van der Waals surface area contributed by atoms with Crippen LogP contribution >= 0.6 is 0 Å². The van der Waals surface area contributed by atoms with Crippen molar-refractivity contribution in [1.82, 2.24) is 4.90 Å². The maximum absolute atomic E-state index is 13.8. The molecule has 5 unspecified atom stereocenters. The zero-order chi connectivity index (χ0) is 15.4. The molecule has 3 nitrogen and oxygen atoms in total. The maximum atomic E-state index is 13.8. The zero-order valence-electron chi connectivity index (χ0n) is 12.3. The van der Waals surface area contributed by atoms with Crippen molar-refractivity contribution in [3.05, 3.63) is 35.4 Å². The van der Waals surface area contributed by atoms with Crippen molar-refractivity contribution in [2.24, 2.45) is 23.5 Å². The average Bonchev–Trinajstić information content (AvgIpc) is 3.05. The van der Waals surface area contributed by atoms with Gasteiger partial charge in [0.25, 0.3) is 0 Å². The molecule has 0 bridgehead atoms. The first-order chi connectivity index (χ1) is 10.5. The van der Waals surface area contributed by atoms with Gasteiger partial charge in [-0.05, 0) is 60.8 Å². The number of benzene rings is 1. The predicted octanol–water partition coefficient (Wildman–Crippen LogP) is 2.26. The van der Waals surface area contributed by atoms with Gasteiger partial charge >= 0.3 is 0 Å². The molecule has 1 aromatic carbocycles. The molecule has 2 N–H and O–H groups in total. The number of nitrogens with zero attached hydrogens (tertiary/aromatic N) is 1. The summed E-state index contributed by atoms with van der Waals surface area (Å²) in [6.07, 6.45) is 2.78. The fourth-order valence-corrected chi connectivity index (χ4v) is 4.33. The predicted molar refractivity (Wildman–Crippen MR) is 78.0 cm³/mol. The lowest BCUT2D eigenvalue weighted by molar-refractivity contribution is -0.131. The highest BCUT2D eigenvalue weighted by molar-refractivity contribution is 5.83. The van der Waals surface area contributed by atoms with Gasteiger partial charge in [0.2, 0.25) is 5.91 Å². The number of amides is 1. The van der Waals surface area contributed by atoms with E-state index in [4.69, 9.17) is 5.73 Å². The van der Waals surface area contributed by atoms with Crippen molar-refractivity contribution < 1.29 is 13.6 Å². The number of nitrogens with two attached hydrogens (primary N) is 1. The largest absolute Gasteiger partial charge is 0.342 e. The highest BCUT2D eigenvalue weighted by Crippen LogP contribution is 2.50. The molecule has 1 heterocycles. The van der Waals surface area contributed by atoms with Crippen LogP contribution in [0.1, 0.15) is 30.7 Å². The zero-order valence-corrected chi connectivity index (χ0v) is 12.3. The Labute approximate surface area is 128 Å². The molecular weight excluding hydrogens is 286 g/mol. The second kappa shape index (κ2) is 5.01. The third-order valence-electron chi connectivity index (χ3n) is 5.69. The summed E-state index contributed by atoms with van der Waals surface area (Å²) in [5, 5.41) is 0. The Morgan fingerprint density at radius 1 is 1.23 bits per heavy atom. The van der Waals surface area contributed by atoms with Crippen LogP contribution in [0.3, 0.4) is 0 Å². The third kappa shape index (κ3) is 2.22. The number of carbonyl (C=O) groups is 1. The van der Waals surface area contributed by atoms with E-state index in [0.717, 1.165) is 38.1 Å². The topological polar surface area (TPSA) is 46.3 Å². The molecule has 1 aromatic rings. The SMILES string of the molecule is NC1CCC2CN(C(=O)C3CC3c3cc(F)ccc3F)CC12. The van der Waals surface area contributed by atoms with Gasteiger partial charge < -0.3 is 10.6 Å². The van der Waals surface area contributed by atoms with E-state index in [1.165, 1.54) is 6.07 Å². The summed E-state index contributed by atoms with van der Waals surface area (Å²) in [7, 11) is 0. The van der Waals surface area contributed by atoms with Crippen molar-refractivity contribution in [3.63, 3.8) is 0 Å². The molecule has 3 fully saturated rings. The molecule has 5 atom stereocenters. The van der Waals surface area contributed by atoms with Crippen molar-refractivity contribution in [2.75, 3.05) is 13.1 Å². The summed E-state index contributed by atoms with van der Waals surface area (Å²) in [4.78, 5) is 14.5. The first kappa shape index (κ1) is 14.1. The highest BCUT2D eigenvalue weighted by atomic mass is 19.1. The van der Waals surface area contributed by atoms with Crippen LogP contribution in [0.2, 0.25) is 0 Å². The Morgan fingerprint density at radius 2 is 2.05 bits per heavy atom. The lowest BCUT2D eigenvalue weighted by atomic mass is 9.98. The lowest BCUT2D eigenvalue weighted by Crippen LogP contribution is -2.34. The summed E-state index contributed by atoms with van der Waals surface area (Å²) >= 11 is 0. The maximum Gasteiger partial charge on any atom is 0.226 e. The normalized spacial score (nSPS) is 36.5. The molecule has 1 aliphatic heterocycles. The minimum absolute atomic E-state index is 0.0928. The molecule has 2 aliphatic carbocycles. The van der Waals surface area contributed by atoms with E-state index >= 15 is 0 Å².